The Morgan fingerprint density at radius 1 is 0.593 bits per heavy atom. The van der Waals surface area contributed by atoms with Crippen molar-refractivity contribution in [3.63, 3.8) is 0 Å². The van der Waals surface area contributed by atoms with Gasteiger partial charge in [-0.25, -0.2) is 0 Å². The van der Waals surface area contributed by atoms with Gasteiger partial charge in [0.25, 0.3) is 10.1 Å². The molecule has 0 spiro atoms. The van der Waals surface area contributed by atoms with E-state index in [1.807, 2.05) is 12.1 Å². The van der Waals surface area contributed by atoms with Gasteiger partial charge in [0.05, 0.1) is 4.90 Å². The third-order valence-electron chi connectivity index (χ3n) is 12.8. The van der Waals surface area contributed by atoms with Crippen molar-refractivity contribution >= 4 is 60.1 Å². The normalized spacial score (nSPS) is 19.8. The Bertz CT molecular complexity index is 2950. The molecule has 0 saturated heterocycles. The monoisotopic (exact) mass is 796 g/mol. The molecule has 1 saturated carbocycles. The van der Waals surface area contributed by atoms with Gasteiger partial charge < -0.3 is 9.80 Å². The molecule has 0 unspecified atom stereocenters. The van der Waals surface area contributed by atoms with Gasteiger partial charge >= 0.3 is 0 Å². The first-order valence-electron chi connectivity index (χ1n) is 20.3. The van der Waals surface area contributed by atoms with E-state index in [9.17, 15) is 13.0 Å². The Balaban J connectivity index is 1.20. The van der Waals surface area contributed by atoms with E-state index in [1.54, 1.807) is 6.07 Å². The minimum Gasteiger partial charge on any atom is -0.347 e. The topological polar surface area (TPSA) is 63.9 Å². The molecule has 1 fully saturated rings. The summed E-state index contributed by atoms with van der Waals surface area (Å²) in [6.45, 7) is 11.3. The van der Waals surface area contributed by atoms with Crippen molar-refractivity contribution in [2.75, 3.05) is 23.9 Å². The SMILES string of the molecule is Cc1ccc2c3c(ccc2c1)N(C)C(=C/C=C1\CC/C(=C\C=C2\N(C)c4ccc5cc(S(=O)(=O)O)ccc5c4C2(C)C)C1=[N+](c1ccccc1)c1ccccc1)C3(C)C. The lowest BCUT2D eigenvalue weighted by atomic mass is 9.81. The number of fused-ring (bicyclic) bond motifs is 6. The van der Waals surface area contributed by atoms with Crippen LogP contribution < -0.4 is 14.4 Å². The van der Waals surface area contributed by atoms with Crippen LogP contribution in [0.25, 0.3) is 21.5 Å². The highest BCUT2D eigenvalue weighted by atomic mass is 32.2. The molecule has 9 rings (SSSR count). The van der Waals surface area contributed by atoms with Crippen LogP contribution in [0.15, 0.2) is 173 Å². The highest BCUT2D eigenvalue weighted by molar-refractivity contribution is 7.85. The van der Waals surface area contributed by atoms with Crippen LogP contribution in [0.5, 0.6) is 0 Å². The van der Waals surface area contributed by atoms with Gasteiger partial charge in [0.2, 0.25) is 17.1 Å². The van der Waals surface area contributed by atoms with Gasteiger partial charge in [-0.2, -0.15) is 13.0 Å². The van der Waals surface area contributed by atoms with Crippen molar-refractivity contribution in [2.24, 2.45) is 0 Å². The van der Waals surface area contributed by atoms with Crippen LogP contribution in [0.1, 0.15) is 57.2 Å². The fourth-order valence-corrected chi connectivity index (χ4v) is 10.5. The van der Waals surface area contributed by atoms with Crippen LogP contribution in [0, 0.1) is 6.92 Å². The average Bonchev–Trinajstić information content (AvgIpc) is 3.76. The second kappa shape index (κ2) is 14.1. The van der Waals surface area contributed by atoms with E-state index < -0.39 is 15.5 Å². The molecule has 2 aliphatic heterocycles. The molecule has 1 N–H and O–H groups in total. The molecule has 1 aliphatic carbocycles. The standard InChI is InChI=1S/C52H49N3O3S/c1-34-18-26-42-37(32-34)21-28-44-48(42)51(2,3)46(53(44)6)30-23-35-19-20-36(50(35)55(39-14-10-8-11-15-39)40-16-12-9-13-17-40)24-31-47-52(4,5)49-43-27-25-41(59(56,57)58)33-38(43)22-29-45(49)54(47)7/h8-18,21-33H,19-20H2,1-7H3/p+1. The highest BCUT2D eigenvalue weighted by Gasteiger charge is 2.42. The number of anilines is 2. The van der Waals surface area contributed by atoms with Crippen LogP contribution in [0.4, 0.5) is 22.7 Å². The lowest BCUT2D eigenvalue weighted by Gasteiger charge is -2.24. The van der Waals surface area contributed by atoms with Crippen LogP contribution in [-0.2, 0) is 20.9 Å². The molecule has 7 heteroatoms. The third-order valence-corrected chi connectivity index (χ3v) is 13.7. The number of hydrogen-bond donors (Lipinski definition) is 1. The number of allylic oxidation sites excluding steroid dienone is 8. The maximum atomic E-state index is 12.0. The van der Waals surface area contributed by atoms with Crippen LogP contribution >= 0.6 is 0 Å². The Kier molecular flexibility index (Phi) is 9.18. The largest absolute Gasteiger partial charge is 0.347 e. The predicted octanol–water partition coefficient (Wildman–Crippen LogP) is 12.1. The summed E-state index contributed by atoms with van der Waals surface area (Å²) in [7, 11) is -0.0153. The summed E-state index contributed by atoms with van der Waals surface area (Å²) in [6, 6.07) is 41.5. The summed E-state index contributed by atoms with van der Waals surface area (Å²) >= 11 is 0. The van der Waals surface area contributed by atoms with Gasteiger partial charge in [0.1, 0.15) is 0 Å². The lowest BCUT2D eigenvalue weighted by molar-refractivity contribution is 0.483. The van der Waals surface area contributed by atoms with E-state index in [0.29, 0.717) is 0 Å². The van der Waals surface area contributed by atoms with Crippen molar-refractivity contribution in [1.82, 2.24) is 4.58 Å². The molecule has 6 nitrogen and oxygen atoms in total. The van der Waals surface area contributed by atoms with Crippen molar-refractivity contribution in [3.05, 3.63) is 185 Å². The first-order chi connectivity index (χ1) is 28.2. The first kappa shape index (κ1) is 38.5. The molecule has 6 aromatic rings. The van der Waals surface area contributed by atoms with Gasteiger partial charge in [-0.1, -0.05) is 118 Å². The fourth-order valence-electron chi connectivity index (χ4n) is 10.0. The molecular weight excluding hydrogens is 747 g/mol. The molecule has 0 atom stereocenters. The molecule has 0 amide bonds. The number of rotatable bonds is 5. The van der Waals surface area contributed by atoms with E-state index in [1.165, 1.54) is 56.2 Å². The Labute approximate surface area is 348 Å². The number of likely N-dealkylation sites (N-methyl/N-ethyl adjacent to an activating group) is 2. The van der Waals surface area contributed by atoms with Crippen molar-refractivity contribution in [2.45, 2.75) is 63.2 Å². The van der Waals surface area contributed by atoms with Gasteiger partial charge in [-0.3, -0.25) is 4.55 Å². The van der Waals surface area contributed by atoms with E-state index in [4.69, 9.17) is 0 Å². The van der Waals surface area contributed by atoms with Crippen molar-refractivity contribution in [3.8, 4) is 0 Å². The molecular formula is C52H50N3O3S+. The minimum atomic E-state index is -4.32. The van der Waals surface area contributed by atoms with Gasteiger partial charge in [0.15, 0.2) is 0 Å². The molecule has 6 aromatic carbocycles. The third kappa shape index (κ3) is 6.35. The van der Waals surface area contributed by atoms with Crippen LogP contribution in [0.2, 0.25) is 0 Å². The quantitative estimate of drug-likeness (QED) is 0.139. The Morgan fingerprint density at radius 3 is 1.53 bits per heavy atom. The van der Waals surface area contributed by atoms with E-state index >= 15 is 0 Å². The van der Waals surface area contributed by atoms with Crippen LogP contribution in [-0.4, -0.2) is 32.8 Å². The van der Waals surface area contributed by atoms with Crippen molar-refractivity contribution in [1.29, 1.82) is 0 Å². The smallest absolute Gasteiger partial charge is 0.294 e. The van der Waals surface area contributed by atoms with Gasteiger partial charge in [0, 0.05) is 83.1 Å². The predicted molar refractivity (Wildman–Crippen MR) is 246 cm³/mol. The zero-order valence-electron chi connectivity index (χ0n) is 34.8. The number of para-hydroxylation sites is 2. The summed E-state index contributed by atoms with van der Waals surface area (Å²) in [6.07, 6.45) is 11.1. The fraction of sp³-hybridized carbons (Fsp3) is 0.212. The number of hydrogen-bond acceptors (Lipinski definition) is 4. The average molecular weight is 797 g/mol. The molecule has 3 aliphatic rings. The molecule has 59 heavy (non-hydrogen) atoms. The van der Waals surface area contributed by atoms with E-state index in [-0.39, 0.29) is 10.3 Å². The molecule has 0 radical (unpaired) electrons. The second-order valence-electron chi connectivity index (χ2n) is 17.2. The number of benzene rings is 6. The number of aryl methyl sites for hydroxylation is 1. The molecule has 296 valence electrons. The Morgan fingerprint density at radius 2 is 1.05 bits per heavy atom. The van der Waals surface area contributed by atoms with Crippen LogP contribution in [0.3, 0.4) is 0 Å². The highest BCUT2D eigenvalue weighted by Crippen LogP contribution is 2.52. The van der Waals surface area contributed by atoms with Gasteiger partial charge in [-0.15, -0.1) is 0 Å². The van der Waals surface area contributed by atoms with E-state index in [2.05, 4.69) is 184 Å². The zero-order chi connectivity index (χ0) is 41.4. The summed E-state index contributed by atoms with van der Waals surface area (Å²) in [5, 5.41) is 4.34. The van der Waals surface area contributed by atoms with E-state index in [0.717, 1.165) is 51.9 Å². The van der Waals surface area contributed by atoms with Crippen molar-refractivity contribution < 1.29 is 13.0 Å². The summed E-state index contributed by atoms with van der Waals surface area (Å²) in [5.74, 6) is 0. The van der Waals surface area contributed by atoms with Gasteiger partial charge in [-0.05, 0) is 88.9 Å². The maximum absolute atomic E-state index is 12.0. The molecule has 0 aromatic heterocycles. The maximum Gasteiger partial charge on any atom is 0.294 e. The second-order valence-corrected chi connectivity index (χ2v) is 18.6. The summed E-state index contributed by atoms with van der Waals surface area (Å²) in [5.41, 5.74) is 13.8. The summed E-state index contributed by atoms with van der Waals surface area (Å²) < 4.78 is 36.2. The Hall–Kier alpha value is -6.02. The lowest BCUT2D eigenvalue weighted by Crippen LogP contribution is -2.23. The zero-order valence-corrected chi connectivity index (χ0v) is 35.6. The molecule has 2 heterocycles. The first-order valence-corrected chi connectivity index (χ1v) is 21.8. The number of nitrogens with zero attached hydrogens (tertiary/aromatic N) is 3. The molecule has 0 bridgehead atoms. The summed E-state index contributed by atoms with van der Waals surface area (Å²) in [4.78, 5) is 4.53. The minimum absolute atomic E-state index is 0.101.